The number of piperidine rings is 1. The van der Waals surface area contributed by atoms with Crippen LogP contribution in [-0.4, -0.2) is 43.8 Å². The summed E-state index contributed by atoms with van der Waals surface area (Å²) in [6, 6.07) is 13.0. The summed E-state index contributed by atoms with van der Waals surface area (Å²) < 4.78 is 1.65. The first kappa shape index (κ1) is 17.4. The van der Waals surface area contributed by atoms with Crippen molar-refractivity contribution in [1.29, 1.82) is 0 Å². The zero-order valence-corrected chi connectivity index (χ0v) is 15.0. The van der Waals surface area contributed by atoms with Gasteiger partial charge in [-0.2, -0.15) is 5.10 Å². The van der Waals surface area contributed by atoms with E-state index in [9.17, 15) is 9.90 Å². The van der Waals surface area contributed by atoms with Crippen LogP contribution in [0.2, 0.25) is 0 Å². The van der Waals surface area contributed by atoms with Crippen LogP contribution < -0.4 is 0 Å². The Bertz CT molecular complexity index is 923. The van der Waals surface area contributed by atoms with Gasteiger partial charge in [0.05, 0.1) is 17.4 Å². The van der Waals surface area contributed by atoms with Crippen molar-refractivity contribution in [2.45, 2.75) is 25.3 Å². The van der Waals surface area contributed by atoms with Crippen LogP contribution in [0.1, 0.15) is 40.4 Å². The molecule has 1 aromatic carbocycles. The van der Waals surface area contributed by atoms with Gasteiger partial charge in [0.25, 0.3) is 0 Å². The highest BCUT2D eigenvalue weighted by Crippen LogP contribution is 2.26. The number of pyridine rings is 1. The second-order valence-electron chi connectivity index (χ2n) is 6.94. The quantitative estimate of drug-likeness (QED) is 0.754. The molecule has 1 fully saturated rings. The Labute approximate surface area is 158 Å². The lowest BCUT2D eigenvalue weighted by Gasteiger charge is -2.32. The number of carboxylic acids is 1. The van der Waals surface area contributed by atoms with E-state index in [4.69, 9.17) is 0 Å². The molecule has 1 aliphatic heterocycles. The average molecular weight is 362 g/mol. The number of benzene rings is 1. The minimum absolute atomic E-state index is 0.250. The van der Waals surface area contributed by atoms with Crippen molar-refractivity contribution < 1.29 is 9.90 Å². The number of para-hydroxylation sites is 1. The van der Waals surface area contributed by atoms with Crippen LogP contribution in [0.5, 0.6) is 0 Å². The van der Waals surface area contributed by atoms with Crippen LogP contribution in [0.15, 0.2) is 61.1 Å². The molecule has 0 bridgehead atoms. The monoisotopic (exact) mass is 362 g/mol. The molecule has 1 N–H and O–H groups in total. The molecule has 138 valence electrons. The highest BCUT2D eigenvalue weighted by atomic mass is 16.4. The Morgan fingerprint density at radius 3 is 2.85 bits per heavy atom. The molecule has 27 heavy (non-hydrogen) atoms. The minimum atomic E-state index is -0.947. The molecule has 1 aliphatic rings. The molecule has 1 atom stereocenters. The molecule has 0 amide bonds. The number of carbonyl (C=O) groups is 1. The summed E-state index contributed by atoms with van der Waals surface area (Å²) in [5.74, 6) is -0.486. The first-order chi connectivity index (χ1) is 13.2. The highest BCUT2D eigenvalue weighted by Gasteiger charge is 2.22. The molecule has 0 unspecified atom stereocenters. The van der Waals surface area contributed by atoms with Crippen LogP contribution in [0.25, 0.3) is 5.69 Å². The van der Waals surface area contributed by atoms with Gasteiger partial charge in [0.15, 0.2) is 0 Å². The van der Waals surface area contributed by atoms with Gasteiger partial charge >= 0.3 is 5.97 Å². The Kier molecular flexibility index (Phi) is 4.98. The maximum absolute atomic E-state index is 11.4. The Morgan fingerprint density at radius 2 is 2.04 bits per heavy atom. The summed E-state index contributed by atoms with van der Waals surface area (Å²) >= 11 is 0. The lowest BCUT2D eigenvalue weighted by Crippen LogP contribution is -2.34. The van der Waals surface area contributed by atoms with Crippen molar-refractivity contribution in [3.05, 3.63) is 77.9 Å². The fourth-order valence-corrected chi connectivity index (χ4v) is 3.74. The molecule has 2 aromatic heterocycles. The third kappa shape index (κ3) is 3.90. The SMILES string of the molecule is O=C(O)c1ccccc1-n1cc(CN2CCC[C@H](c3ccccn3)C2)cn1. The summed E-state index contributed by atoms with van der Waals surface area (Å²) in [5.41, 5.74) is 3.08. The number of nitrogens with zero attached hydrogens (tertiary/aromatic N) is 4. The van der Waals surface area contributed by atoms with Gasteiger partial charge in [0.1, 0.15) is 0 Å². The summed E-state index contributed by atoms with van der Waals surface area (Å²) in [6.45, 7) is 2.84. The molecule has 0 aliphatic carbocycles. The molecule has 6 nitrogen and oxygen atoms in total. The number of aromatic carboxylic acids is 1. The van der Waals surface area contributed by atoms with E-state index in [1.807, 2.05) is 36.8 Å². The molecular weight excluding hydrogens is 340 g/mol. The van der Waals surface area contributed by atoms with E-state index < -0.39 is 5.97 Å². The summed E-state index contributed by atoms with van der Waals surface area (Å²) in [4.78, 5) is 18.4. The van der Waals surface area contributed by atoms with Crippen LogP contribution in [0.4, 0.5) is 0 Å². The number of rotatable bonds is 5. The summed E-state index contributed by atoms with van der Waals surface area (Å²) in [7, 11) is 0. The lowest BCUT2D eigenvalue weighted by atomic mass is 9.94. The van der Waals surface area contributed by atoms with Crippen molar-refractivity contribution >= 4 is 5.97 Å². The van der Waals surface area contributed by atoms with Crippen molar-refractivity contribution in [1.82, 2.24) is 19.7 Å². The van der Waals surface area contributed by atoms with E-state index in [2.05, 4.69) is 21.0 Å². The van der Waals surface area contributed by atoms with Gasteiger partial charge in [-0.25, -0.2) is 9.48 Å². The van der Waals surface area contributed by atoms with Gasteiger partial charge in [0.2, 0.25) is 0 Å². The van der Waals surface area contributed by atoms with Crippen LogP contribution in [0, 0.1) is 0 Å². The molecular formula is C21H22N4O2. The number of likely N-dealkylation sites (tertiary alicyclic amines) is 1. The van der Waals surface area contributed by atoms with Crippen LogP contribution >= 0.6 is 0 Å². The summed E-state index contributed by atoms with van der Waals surface area (Å²) in [5, 5.41) is 13.8. The van der Waals surface area contributed by atoms with Crippen molar-refractivity contribution in [2.24, 2.45) is 0 Å². The Balaban J connectivity index is 1.48. The third-order valence-electron chi connectivity index (χ3n) is 5.04. The lowest BCUT2D eigenvalue weighted by molar-refractivity contribution is 0.0696. The number of hydrogen-bond donors (Lipinski definition) is 1. The topological polar surface area (TPSA) is 71.2 Å². The molecule has 0 radical (unpaired) electrons. The predicted octanol–water partition coefficient (Wildman–Crippen LogP) is 3.35. The molecule has 3 aromatic rings. The van der Waals surface area contributed by atoms with Gasteiger partial charge in [-0.15, -0.1) is 0 Å². The first-order valence-electron chi connectivity index (χ1n) is 9.20. The normalized spacial score (nSPS) is 17.7. The van der Waals surface area contributed by atoms with E-state index in [1.54, 1.807) is 22.9 Å². The number of hydrogen-bond acceptors (Lipinski definition) is 4. The van der Waals surface area contributed by atoms with Gasteiger partial charge in [-0.05, 0) is 43.7 Å². The van der Waals surface area contributed by atoms with Gasteiger partial charge in [0, 0.05) is 42.7 Å². The second-order valence-corrected chi connectivity index (χ2v) is 6.94. The molecule has 3 heterocycles. The van der Waals surface area contributed by atoms with E-state index >= 15 is 0 Å². The van der Waals surface area contributed by atoms with Crippen molar-refractivity contribution in [3.8, 4) is 5.69 Å². The van der Waals surface area contributed by atoms with E-state index in [0.29, 0.717) is 11.6 Å². The van der Waals surface area contributed by atoms with Gasteiger partial charge < -0.3 is 5.11 Å². The maximum Gasteiger partial charge on any atom is 0.337 e. The summed E-state index contributed by atoms with van der Waals surface area (Å²) in [6.07, 6.45) is 7.92. The maximum atomic E-state index is 11.4. The fraction of sp³-hybridized carbons (Fsp3) is 0.286. The fourth-order valence-electron chi connectivity index (χ4n) is 3.74. The van der Waals surface area contributed by atoms with E-state index in [0.717, 1.165) is 37.3 Å². The van der Waals surface area contributed by atoms with Crippen molar-refractivity contribution in [2.75, 3.05) is 13.1 Å². The molecule has 0 spiro atoms. The predicted molar refractivity (Wildman–Crippen MR) is 102 cm³/mol. The second kappa shape index (κ2) is 7.72. The first-order valence-corrected chi connectivity index (χ1v) is 9.20. The van der Waals surface area contributed by atoms with Gasteiger partial charge in [-0.3, -0.25) is 9.88 Å². The Hall–Kier alpha value is -2.99. The minimum Gasteiger partial charge on any atom is -0.478 e. The third-order valence-corrected chi connectivity index (χ3v) is 5.04. The van der Waals surface area contributed by atoms with Crippen LogP contribution in [0.3, 0.4) is 0 Å². The van der Waals surface area contributed by atoms with Gasteiger partial charge in [-0.1, -0.05) is 18.2 Å². The number of carboxylic acid groups (broad SMARTS) is 1. The molecule has 6 heteroatoms. The molecule has 0 saturated carbocycles. The largest absolute Gasteiger partial charge is 0.478 e. The van der Waals surface area contributed by atoms with E-state index in [1.165, 1.54) is 6.42 Å². The zero-order valence-electron chi connectivity index (χ0n) is 15.0. The molecule has 1 saturated heterocycles. The standard InChI is InChI=1S/C21H22N4O2/c26-21(27)18-7-1-2-9-20(18)25-14-16(12-23-25)13-24-11-5-6-17(15-24)19-8-3-4-10-22-19/h1-4,7-10,12,14,17H,5-6,11,13,15H2,(H,26,27)/t17-/m0/s1. The van der Waals surface area contributed by atoms with Crippen LogP contribution in [-0.2, 0) is 6.54 Å². The highest BCUT2D eigenvalue weighted by molar-refractivity contribution is 5.91. The van der Waals surface area contributed by atoms with E-state index in [-0.39, 0.29) is 5.56 Å². The molecule has 4 rings (SSSR count). The number of aromatic nitrogens is 3. The average Bonchev–Trinajstić information content (AvgIpc) is 3.17. The Morgan fingerprint density at radius 1 is 1.19 bits per heavy atom. The smallest absolute Gasteiger partial charge is 0.337 e. The van der Waals surface area contributed by atoms with Crippen molar-refractivity contribution in [3.63, 3.8) is 0 Å². The zero-order chi connectivity index (χ0) is 18.6.